The molecule has 0 saturated heterocycles. The average molecular weight is 395 g/mol. The first-order valence-corrected chi connectivity index (χ1v) is 6.26. The Kier molecular flexibility index (Phi) is 4.53. The second-order valence-electron chi connectivity index (χ2n) is 3.60. The largest absolute Gasteiger partial charge is 0.328 e. The summed E-state index contributed by atoms with van der Waals surface area (Å²) in [5.74, 6) is 0. The first-order valence-electron chi connectivity index (χ1n) is 4.30. The fraction of sp³-hybridized carbons (Fsp3) is 1.00. The second-order valence-corrected chi connectivity index (χ2v) is 6.26. The fourth-order valence-electron chi connectivity index (χ4n) is 1.61. The van der Waals surface area contributed by atoms with E-state index >= 15 is 0 Å². The molecule has 1 unspecified atom stereocenters. The Bertz CT molecular complexity index is 146. The van der Waals surface area contributed by atoms with Gasteiger partial charge in [0.1, 0.15) is 23.0 Å². The summed E-state index contributed by atoms with van der Waals surface area (Å²) in [6, 6.07) is 0.425. The summed E-state index contributed by atoms with van der Waals surface area (Å²) in [7, 11) is 0. The van der Waals surface area contributed by atoms with Gasteiger partial charge in [0.2, 0.25) is 0 Å². The Morgan fingerprint density at radius 1 is 1.50 bits per heavy atom. The highest BCUT2D eigenvalue weighted by atomic mass is 127. The molecular formula is C8H15I2NO. The van der Waals surface area contributed by atoms with E-state index in [0.717, 1.165) is 12.8 Å². The molecule has 1 saturated carbocycles. The van der Waals surface area contributed by atoms with Crippen molar-refractivity contribution in [3.8, 4) is 0 Å². The van der Waals surface area contributed by atoms with Crippen LogP contribution in [0.15, 0.2) is 0 Å². The molecule has 1 aliphatic carbocycles. The lowest BCUT2D eigenvalue weighted by molar-refractivity contribution is 0.203. The lowest BCUT2D eigenvalue weighted by Crippen LogP contribution is -2.41. The molecule has 1 rings (SSSR count). The normalized spacial score (nSPS) is 39.5. The van der Waals surface area contributed by atoms with E-state index in [0.29, 0.717) is 15.6 Å². The quantitative estimate of drug-likeness (QED) is 0.577. The first-order chi connectivity index (χ1) is 5.58. The molecule has 1 aliphatic rings. The van der Waals surface area contributed by atoms with Gasteiger partial charge in [0, 0.05) is 9.46 Å². The van der Waals surface area contributed by atoms with Gasteiger partial charge in [-0.3, -0.25) is 0 Å². The number of nitrogens with two attached hydrogens (primary N) is 1. The van der Waals surface area contributed by atoms with E-state index in [9.17, 15) is 0 Å². The molecule has 0 aromatic rings. The number of hydrogen-bond acceptors (Lipinski definition) is 2. The SMILES string of the molecule is CC(OI)C1(I)CCC(N)CC1. The molecule has 0 aliphatic heterocycles. The molecule has 72 valence electrons. The van der Waals surface area contributed by atoms with E-state index in [1.54, 1.807) is 0 Å². The molecule has 1 fully saturated rings. The highest BCUT2D eigenvalue weighted by Crippen LogP contribution is 2.40. The van der Waals surface area contributed by atoms with Gasteiger partial charge >= 0.3 is 0 Å². The molecule has 0 aromatic heterocycles. The Morgan fingerprint density at radius 2 is 2.00 bits per heavy atom. The molecule has 4 heteroatoms. The van der Waals surface area contributed by atoms with Crippen LogP contribution in [0.5, 0.6) is 0 Å². The monoisotopic (exact) mass is 395 g/mol. The average Bonchev–Trinajstić information content (AvgIpc) is 2.09. The Labute approximate surface area is 102 Å². The minimum Gasteiger partial charge on any atom is -0.328 e. The van der Waals surface area contributed by atoms with Crippen LogP contribution < -0.4 is 5.73 Å². The van der Waals surface area contributed by atoms with Crippen LogP contribution in [0.2, 0.25) is 0 Å². The number of hydrogen-bond donors (Lipinski definition) is 1. The van der Waals surface area contributed by atoms with Gasteiger partial charge in [-0.25, -0.2) is 0 Å². The topological polar surface area (TPSA) is 35.2 Å². The van der Waals surface area contributed by atoms with Crippen molar-refractivity contribution in [2.45, 2.75) is 48.2 Å². The van der Waals surface area contributed by atoms with E-state index in [1.807, 2.05) is 23.0 Å². The highest BCUT2D eigenvalue weighted by Gasteiger charge is 2.37. The molecule has 0 amide bonds. The third kappa shape index (κ3) is 2.68. The molecule has 2 nitrogen and oxygen atoms in total. The lowest BCUT2D eigenvalue weighted by atomic mass is 9.83. The molecule has 1 atom stereocenters. The van der Waals surface area contributed by atoms with Gasteiger partial charge in [-0.15, -0.1) is 0 Å². The van der Waals surface area contributed by atoms with Gasteiger partial charge in [-0.2, -0.15) is 0 Å². The zero-order valence-corrected chi connectivity index (χ0v) is 11.5. The van der Waals surface area contributed by atoms with Crippen LogP contribution in [0, 0.1) is 0 Å². The van der Waals surface area contributed by atoms with Crippen molar-refractivity contribution in [1.29, 1.82) is 0 Å². The maximum Gasteiger partial charge on any atom is 0.110 e. The standard InChI is InChI=1S/C8H15I2NO/c1-6(12-10)8(9)4-2-7(11)3-5-8/h6-7H,2-5,11H2,1H3. The molecule has 0 bridgehead atoms. The van der Waals surface area contributed by atoms with Gasteiger partial charge in [0.15, 0.2) is 0 Å². The van der Waals surface area contributed by atoms with Crippen molar-refractivity contribution < 1.29 is 3.07 Å². The number of alkyl halides is 1. The third-order valence-corrected chi connectivity index (χ3v) is 5.44. The molecule has 0 heterocycles. The summed E-state index contributed by atoms with van der Waals surface area (Å²) >= 11 is 4.54. The van der Waals surface area contributed by atoms with Crippen LogP contribution in [-0.4, -0.2) is 15.6 Å². The van der Waals surface area contributed by atoms with Crippen LogP contribution in [0.4, 0.5) is 0 Å². The maximum absolute atomic E-state index is 5.85. The predicted molar refractivity (Wildman–Crippen MR) is 67.8 cm³/mol. The Hall–Kier alpha value is 1.38. The highest BCUT2D eigenvalue weighted by molar-refractivity contribution is 14.1. The van der Waals surface area contributed by atoms with Crippen LogP contribution in [-0.2, 0) is 3.07 Å². The smallest absolute Gasteiger partial charge is 0.110 e. The van der Waals surface area contributed by atoms with E-state index in [-0.39, 0.29) is 0 Å². The number of halogens is 2. The minimum absolute atomic E-state index is 0.328. The first kappa shape index (κ1) is 11.5. The maximum atomic E-state index is 5.85. The molecule has 12 heavy (non-hydrogen) atoms. The van der Waals surface area contributed by atoms with Crippen LogP contribution >= 0.6 is 45.6 Å². The Morgan fingerprint density at radius 3 is 2.42 bits per heavy atom. The number of rotatable bonds is 2. The molecule has 0 spiro atoms. The van der Waals surface area contributed by atoms with E-state index in [1.165, 1.54) is 12.8 Å². The molecular weight excluding hydrogens is 380 g/mol. The van der Waals surface area contributed by atoms with E-state index < -0.39 is 0 Å². The summed E-state index contributed by atoms with van der Waals surface area (Å²) < 4.78 is 5.68. The van der Waals surface area contributed by atoms with Crippen molar-refractivity contribution in [3.63, 3.8) is 0 Å². The van der Waals surface area contributed by atoms with Gasteiger partial charge < -0.3 is 8.80 Å². The van der Waals surface area contributed by atoms with Crippen molar-refractivity contribution in [2.75, 3.05) is 0 Å². The van der Waals surface area contributed by atoms with Crippen molar-refractivity contribution in [3.05, 3.63) is 0 Å². The van der Waals surface area contributed by atoms with Crippen LogP contribution in [0.3, 0.4) is 0 Å². The van der Waals surface area contributed by atoms with Gasteiger partial charge in [0.25, 0.3) is 0 Å². The van der Waals surface area contributed by atoms with Gasteiger partial charge in [-0.05, 0) is 32.6 Å². The third-order valence-electron chi connectivity index (χ3n) is 2.72. The predicted octanol–water partition coefficient (Wildman–Crippen LogP) is 2.82. The molecule has 0 aromatic carbocycles. The fourth-order valence-corrected chi connectivity index (χ4v) is 3.33. The van der Waals surface area contributed by atoms with Gasteiger partial charge in [-0.1, -0.05) is 22.6 Å². The zero-order valence-electron chi connectivity index (χ0n) is 7.22. The summed E-state index contributed by atoms with van der Waals surface area (Å²) in [6.07, 6.45) is 5.02. The van der Waals surface area contributed by atoms with Crippen LogP contribution in [0.1, 0.15) is 32.6 Å². The zero-order chi connectivity index (χ0) is 9.19. The van der Waals surface area contributed by atoms with Crippen molar-refractivity contribution in [1.82, 2.24) is 0 Å². The lowest BCUT2D eigenvalue weighted by Gasteiger charge is -2.37. The van der Waals surface area contributed by atoms with Crippen molar-refractivity contribution >= 4 is 45.6 Å². The van der Waals surface area contributed by atoms with E-state index in [2.05, 4.69) is 29.5 Å². The summed E-state index contributed by atoms with van der Waals surface area (Å²) in [5, 5.41) is 0. The van der Waals surface area contributed by atoms with E-state index in [4.69, 9.17) is 8.80 Å². The molecule has 2 N–H and O–H groups in total. The van der Waals surface area contributed by atoms with Crippen molar-refractivity contribution in [2.24, 2.45) is 5.73 Å². The summed E-state index contributed by atoms with van der Waals surface area (Å²) in [5.41, 5.74) is 5.85. The molecule has 0 radical (unpaired) electrons. The minimum atomic E-state index is 0.328. The summed E-state index contributed by atoms with van der Waals surface area (Å²) in [4.78, 5) is 0. The summed E-state index contributed by atoms with van der Waals surface area (Å²) in [6.45, 7) is 2.15. The van der Waals surface area contributed by atoms with Crippen LogP contribution in [0.25, 0.3) is 0 Å². The Balaban J connectivity index is 2.49. The second kappa shape index (κ2) is 4.75. The van der Waals surface area contributed by atoms with Gasteiger partial charge in [0.05, 0.1) is 6.10 Å².